The average Bonchev–Trinajstić information content (AvgIpc) is 3.07. The molecule has 0 saturated heterocycles. The third-order valence-corrected chi connectivity index (χ3v) is 9.39. The number of rotatable bonds is 0. The first kappa shape index (κ1) is 16.1. The highest BCUT2D eigenvalue weighted by molar-refractivity contribution is 6.04. The minimum Gasteiger partial charge on any atom is -0.0619 e. The van der Waals surface area contributed by atoms with Gasteiger partial charge in [0.05, 0.1) is 0 Å². The summed E-state index contributed by atoms with van der Waals surface area (Å²) < 4.78 is 0. The van der Waals surface area contributed by atoms with Crippen LogP contribution >= 0.6 is 0 Å². The van der Waals surface area contributed by atoms with Crippen molar-refractivity contribution in [2.24, 2.45) is 23.7 Å². The quantitative estimate of drug-likeness (QED) is 0.271. The van der Waals surface area contributed by atoms with Crippen LogP contribution in [0.2, 0.25) is 0 Å². The Bertz CT molecular complexity index is 1330. The van der Waals surface area contributed by atoms with Crippen molar-refractivity contribution >= 4 is 21.5 Å². The van der Waals surface area contributed by atoms with Crippen molar-refractivity contribution in [3.63, 3.8) is 0 Å². The van der Waals surface area contributed by atoms with Gasteiger partial charge in [-0.15, -0.1) is 0 Å². The van der Waals surface area contributed by atoms with Gasteiger partial charge in [0.15, 0.2) is 0 Å². The van der Waals surface area contributed by atoms with E-state index in [4.69, 9.17) is 0 Å². The highest BCUT2D eigenvalue weighted by Crippen LogP contribution is 2.70. The summed E-state index contributed by atoms with van der Waals surface area (Å²) in [5.41, 5.74) is 6.66. The van der Waals surface area contributed by atoms with Gasteiger partial charge < -0.3 is 0 Å². The van der Waals surface area contributed by atoms with E-state index in [9.17, 15) is 0 Å². The maximum Gasteiger partial charge on any atom is 0.0278 e. The lowest BCUT2D eigenvalue weighted by molar-refractivity contribution is -0.0393. The van der Waals surface area contributed by atoms with Gasteiger partial charge in [0.25, 0.3) is 0 Å². The number of hydrogen-bond acceptors (Lipinski definition) is 0. The molecule has 0 amide bonds. The molecule has 0 unspecified atom stereocenters. The molecule has 4 bridgehead atoms. The van der Waals surface area contributed by atoms with E-state index in [0.29, 0.717) is 0 Å². The Kier molecular flexibility index (Phi) is 2.88. The summed E-state index contributed by atoms with van der Waals surface area (Å²) in [5, 5.41) is 5.69. The van der Waals surface area contributed by atoms with Crippen LogP contribution < -0.4 is 0 Å². The fourth-order valence-corrected chi connectivity index (χ4v) is 8.67. The molecular weight excluding hydrogens is 360 g/mol. The van der Waals surface area contributed by atoms with Crippen molar-refractivity contribution in [3.05, 3.63) is 83.9 Å². The van der Waals surface area contributed by atoms with Gasteiger partial charge in [-0.2, -0.15) is 0 Å². The van der Waals surface area contributed by atoms with Gasteiger partial charge in [-0.3, -0.25) is 0 Å². The molecule has 0 aliphatic heterocycles. The van der Waals surface area contributed by atoms with Crippen LogP contribution in [-0.4, -0.2) is 0 Å². The van der Waals surface area contributed by atoms with E-state index in [1.54, 1.807) is 11.1 Å². The minimum atomic E-state index is 0.251. The van der Waals surface area contributed by atoms with Gasteiger partial charge in [0.1, 0.15) is 0 Å². The summed E-state index contributed by atoms with van der Waals surface area (Å²) in [5.74, 6) is 3.64. The van der Waals surface area contributed by atoms with Crippen molar-refractivity contribution in [2.45, 2.75) is 37.5 Å². The fourth-order valence-electron chi connectivity index (χ4n) is 8.67. The van der Waals surface area contributed by atoms with Crippen LogP contribution in [0, 0.1) is 23.7 Å². The lowest BCUT2D eigenvalue weighted by Crippen LogP contribution is -2.55. The molecule has 1 spiro atoms. The standard InChI is InChI=1S/C30H26/c1-2-6-21-17-27-22(16-20(21)5-1)9-10-26-25-7-3-4-8-28(25)30(29(26)27)23-12-18-11-19(14-23)15-24(30)13-18/h1-10,16-19,23-24H,11-15H2. The molecule has 4 aromatic carbocycles. The van der Waals surface area contributed by atoms with E-state index in [1.807, 2.05) is 0 Å². The van der Waals surface area contributed by atoms with Gasteiger partial charge in [0, 0.05) is 5.41 Å². The first-order valence-electron chi connectivity index (χ1n) is 11.9. The Morgan fingerprint density at radius 1 is 0.567 bits per heavy atom. The summed E-state index contributed by atoms with van der Waals surface area (Å²) in [6.07, 6.45) is 7.31. The van der Waals surface area contributed by atoms with Crippen LogP contribution in [0.15, 0.2) is 72.8 Å². The molecule has 5 aliphatic rings. The normalized spacial score (nSPS) is 32.8. The van der Waals surface area contributed by atoms with Gasteiger partial charge >= 0.3 is 0 Å². The molecule has 0 heterocycles. The van der Waals surface area contributed by atoms with E-state index in [2.05, 4.69) is 72.8 Å². The summed E-state index contributed by atoms with van der Waals surface area (Å²) in [7, 11) is 0. The van der Waals surface area contributed by atoms with Gasteiger partial charge in [-0.25, -0.2) is 0 Å². The smallest absolute Gasteiger partial charge is 0.0278 e. The lowest BCUT2D eigenvalue weighted by atomic mass is 9.43. The van der Waals surface area contributed by atoms with E-state index >= 15 is 0 Å². The molecule has 0 heteroatoms. The molecular formula is C30H26. The SMILES string of the molecule is c1ccc2c(c1)-c1ccc3cc4ccccc4cc3c1C21C2CC3CC(C2)CC1C3. The molecule has 0 atom stereocenters. The van der Waals surface area contributed by atoms with Crippen LogP contribution in [0.3, 0.4) is 0 Å². The molecule has 4 fully saturated rings. The van der Waals surface area contributed by atoms with Crippen molar-refractivity contribution in [1.82, 2.24) is 0 Å². The van der Waals surface area contributed by atoms with Crippen molar-refractivity contribution in [2.75, 3.05) is 0 Å². The Morgan fingerprint density at radius 2 is 1.23 bits per heavy atom. The first-order chi connectivity index (χ1) is 14.8. The minimum absolute atomic E-state index is 0.251. The highest BCUT2D eigenvalue weighted by atomic mass is 14.6. The van der Waals surface area contributed by atoms with Crippen LogP contribution in [-0.2, 0) is 5.41 Å². The molecule has 4 aromatic rings. The van der Waals surface area contributed by atoms with E-state index in [-0.39, 0.29) is 5.41 Å². The molecule has 30 heavy (non-hydrogen) atoms. The van der Waals surface area contributed by atoms with Crippen molar-refractivity contribution < 1.29 is 0 Å². The van der Waals surface area contributed by atoms with E-state index in [0.717, 1.165) is 23.7 Å². The Balaban J connectivity index is 1.53. The van der Waals surface area contributed by atoms with Crippen LogP contribution in [0.5, 0.6) is 0 Å². The topological polar surface area (TPSA) is 0 Å². The molecule has 5 aliphatic carbocycles. The molecule has 146 valence electrons. The molecule has 0 nitrogen and oxygen atoms in total. The Labute approximate surface area is 177 Å². The van der Waals surface area contributed by atoms with Gasteiger partial charge in [0.2, 0.25) is 0 Å². The zero-order valence-corrected chi connectivity index (χ0v) is 17.3. The molecule has 9 rings (SSSR count). The third-order valence-electron chi connectivity index (χ3n) is 9.39. The first-order valence-corrected chi connectivity index (χ1v) is 11.9. The molecule has 0 N–H and O–H groups in total. The van der Waals surface area contributed by atoms with E-state index < -0.39 is 0 Å². The second-order valence-corrected chi connectivity index (χ2v) is 10.6. The van der Waals surface area contributed by atoms with Gasteiger partial charge in [-0.05, 0) is 112 Å². The summed E-state index contributed by atoms with van der Waals surface area (Å²) in [4.78, 5) is 0. The van der Waals surface area contributed by atoms with Crippen LogP contribution in [0.4, 0.5) is 0 Å². The predicted octanol–water partition coefficient (Wildman–Crippen LogP) is 7.72. The number of benzene rings is 4. The molecule has 0 aromatic heterocycles. The van der Waals surface area contributed by atoms with Crippen molar-refractivity contribution in [1.29, 1.82) is 0 Å². The van der Waals surface area contributed by atoms with Crippen LogP contribution in [0.25, 0.3) is 32.7 Å². The summed E-state index contributed by atoms with van der Waals surface area (Å²) in [6, 6.07) is 28.1. The number of hydrogen-bond donors (Lipinski definition) is 0. The average molecular weight is 387 g/mol. The molecule has 0 radical (unpaired) electrons. The summed E-state index contributed by atoms with van der Waals surface area (Å²) >= 11 is 0. The zero-order chi connectivity index (χ0) is 19.4. The van der Waals surface area contributed by atoms with Gasteiger partial charge in [-0.1, -0.05) is 60.7 Å². The number of fused-ring (bicyclic) bond motifs is 6. The second-order valence-electron chi connectivity index (χ2n) is 10.6. The zero-order valence-electron chi connectivity index (χ0n) is 17.3. The maximum absolute atomic E-state index is 2.52. The summed E-state index contributed by atoms with van der Waals surface area (Å²) in [6.45, 7) is 0. The third kappa shape index (κ3) is 1.77. The largest absolute Gasteiger partial charge is 0.0619 e. The Morgan fingerprint density at radius 3 is 2.00 bits per heavy atom. The monoisotopic (exact) mass is 386 g/mol. The highest BCUT2D eigenvalue weighted by Gasteiger charge is 2.61. The molecule has 4 saturated carbocycles. The maximum atomic E-state index is 2.52. The van der Waals surface area contributed by atoms with Crippen LogP contribution in [0.1, 0.15) is 43.2 Å². The predicted molar refractivity (Wildman–Crippen MR) is 125 cm³/mol. The van der Waals surface area contributed by atoms with E-state index in [1.165, 1.54) is 64.8 Å². The lowest BCUT2D eigenvalue weighted by Gasteiger charge is -2.61. The van der Waals surface area contributed by atoms with Crippen molar-refractivity contribution in [3.8, 4) is 11.1 Å². The fraction of sp³-hybridized carbons (Fsp3) is 0.333. The second kappa shape index (κ2) is 5.35. The Hall–Kier alpha value is -2.60.